The molecule has 2 rings (SSSR count). The van der Waals surface area contributed by atoms with E-state index in [0.717, 1.165) is 12.0 Å². The molecule has 1 heterocycles. The van der Waals surface area contributed by atoms with Gasteiger partial charge in [-0.25, -0.2) is 4.79 Å². The maximum Gasteiger partial charge on any atom is 0.335 e. The fourth-order valence-corrected chi connectivity index (χ4v) is 1.84. The summed E-state index contributed by atoms with van der Waals surface area (Å²) in [6.45, 7) is 4.45. The van der Waals surface area contributed by atoms with E-state index in [0.29, 0.717) is 5.56 Å². The number of aromatic carboxylic acids is 1. The molecule has 0 atom stereocenters. The first-order valence-electron chi connectivity index (χ1n) is 6.27. The number of carboxylic acids is 1. The van der Waals surface area contributed by atoms with Crippen molar-refractivity contribution in [1.29, 1.82) is 0 Å². The van der Waals surface area contributed by atoms with Crippen molar-refractivity contribution < 1.29 is 9.90 Å². The van der Waals surface area contributed by atoms with Crippen LogP contribution in [-0.4, -0.2) is 24.2 Å². The van der Waals surface area contributed by atoms with Gasteiger partial charge in [0.05, 0.1) is 5.56 Å². The molecule has 0 amide bonds. The van der Waals surface area contributed by atoms with Gasteiger partial charge in [-0.3, -0.25) is 0 Å². The van der Waals surface area contributed by atoms with Crippen molar-refractivity contribution in [2.24, 2.45) is 0 Å². The van der Waals surface area contributed by atoms with Crippen molar-refractivity contribution in [3.05, 3.63) is 35.4 Å². The monoisotopic (exact) mass is 235 g/mol. The molecule has 17 heavy (non-hydrogen) atoms. The molecule has 1 saturated heterocycles. The molecule has 94 valence electrons. The van der Waals surface area contributed by atoms with E-state index in [1.54, 1.807) is 12.1 Å². The first-order valence-corrected chi connectivity index (χ1v) is 6.27. The highest BCUT2D eigenvalue weighted by Crippen LogP contribution is 2.08. The summed E-state index contributed by atoms with van der Waals surface area (Å²) < 4.78 is 0. The molecule has 1 aliphatic rings. The van der Waals surface area contributed by atoms with Crippen LogP contribution in [0, 0.1) is 0 Å². The second-order valence-corrected chi connectivity index (χ2v) is 4.13. The molecule has 0 unspecified atom stereocenters. The normalized spacial score (nSPS) is 14.6. The average Bonchev–Trinajstić information content (AvgIpc) is 2.41. The topological polar surface area (TPSA) is 49.3 Å². The van der Waals surface area contributed by atoms with Crippen molar-refractivity contribution in [2.45, 2.75) is 32.6 Å². The molecular formula is C14H21NO2. The summed E-state index contributed by atoms with van der Waals surface area (Å²) in [4.78, 5) is 10.6. The van der Waals surface area contributed by atoms with Crippen molar-refractivity contribution >= 4 is 5.97 Å². The molecule has 0 saturated carbocycles. The van der Waals surface area contributed by atoms with E-state index in [4.69, 9.17) is 5.11 Å². The van der Waals surface area contributed by atoms with Crippen LogP contribution in [0.25, 0.3) is 0 Å². The van der Waals surface area contributed by atoms with E-state index in [2.05, 4.69) is 5.32 Å². The Hall–Kier alpha value is -1.35. The van der Waals surface area contributed by atoms with E-state index < -0.39 is 5.97 Å². The lowest BCUT2D eigenvalue weighted by molar-refractivity contribution is 0.0695. The lowest BCUT2D eigenvalue weighted by atomic mass is 10.1. The minimum absolute atomic E-state index is 0.412. The molecule has 0 spiro atoms. The van der Waals surface area contributed by atoms with E-state index in [9.17, 15) is 4.79 Å². The summed E-state index contributed by atoms with van der Waals surface area (Å²) >= 11 is 0. The SMILES string of the molecule is C1CCNCC1.CCc1ccccc1C(=O)O. The van der Waals surface area contributed by atoms with Crippen molar-refractivity contribution in [2.75, 3.05) is 13.1 Å². The number of aryl methyl sites for hydroxylation is 1. The fraction of sp³-hybridized carbons (Fsp3) is 0.500. The molecule has 3 nitrogen and oxygen atoms in total. The van der Waals surface area contributed by atoms with Gasteiger partial charge in [-0.2, -0.15) is 0 Å². The first kappa shape index (κ1) is 13.7. The maximum atomic E-state index is 10.6. The van der Waals surface area contributed by atoms with Crippen LogP contribution in [-0.2, 0) is 6.42 Å². The second kappa shape index (κ2) is 7.85. The second-order valence-electron chi connectivity index (χ2n) is 4.13. The van der Waals surface area contributed by atoms with Gasteiger partial charge in [-0.15, -0.1) is 0 Å². The number of nitrogens with one attached hydrogen (secondary N) is 1. The first-order chi connectivity index (χ1) is 8.25. The Morgan fingerprint density at radius 3 is 2.24 bits per heavy atom. The molecular weight excluding hydrogens is 214 g/mol. The Bertz CT molecular complexity index is 334. The number of carboxylic acid groups (broad SMARTS) is 1. The molecule has 1 fully saturated rings. The number of carbonyl (C=O) groups is 1. The van der Waals surface area contributed by atoms with E-state index >= 15 is 0 Å². The third kappa shape index (κ3) is 5.00. The summed E-state index contributed by atoms with van der Waals surface area (Å²) in [7, 11) is 0. The molecule has 2 N–H and O–H groups in total. The number of hydrogen-bond donors (Lipinski definition) is 2. The van der Waals surface area contributed by atoms with Crippen LogP contribution in [0.15, 0.2) is 24.3 Å². The highest BCUT2D eigenvalue weighted by molar-refractivity contribution is 5.89. The molecule has 1 aromatic carbocycles. The Balaban J connectivity index is 0.000000202. The van der Waals surface area contributed by atoms with E-state index in [1.165, 1.54) is 32.4 Å². The lowest BCUT2D eigenvalue weighted by Gasteiger charge is -2.08. The van der Waals surface area contributed by atoms with Crippen molar-refractivity contribution in [3.63, 3.8) is 0 Å². The van der Waals surface area contributed by atoms with Crippen LogP contribution in [0.3, 0.4) is 0 Å². The van der Waals surface area contributed by atoms with Crippen LogP contribution in [0.4, 0.5) is 0 Å². The smallest absolute Gasteiger partial charge is 0.335 e. The summed E-state index contributed by atoms with van der Waals surface area (Å²) in [6, 6.07) is 7.05. The molecule has 3 heteroatoms. The number of rotatable bonds is 2. The third-order valence-corrected chi connectivity index (χ3v) is 2.84. The standard InChI is InChI=1S/C9H10O2.C5H11N/c1-2-7-5-3-4-6-8(7)9(10)11;1-2-4-6-5-3-1/h3-6H,2H2,1H3,(H,10,11);6H,1-5H2. The van der Waals surface area contributed by atoms with Crippen molar-refractivity contribution in [3.8, 4) is 0 Å². The Morgan fingerprint density at radius 2 is 1.88 bits per heavy atom. The predicted molar refractivity (Wildman–Crippen MR) is 69.5 cm³/mol. The van der Waals surface area contributed by atoms with Gasteiger partial charge in [-0.1, -0.05) is 31.5 Å². The number of benzene rings is 1. The summed E-state index contributed by atoms with van der Waals surface area (Å²) in [6.07, 6.45) is 4.98. The molecule has 1 aromatic rings. The molecule has 1 aliphatic heterocycles. The van der Waals surface area contributed by atoms with Gasteiger partial charge >= 0.3 is 5.97 Å². The van der Waals surface area contributed by atoms with Gasteiger partial charge in [0, 0.05) is 0 Å². The van der Waals surface area contributed by atoms with Crippen LogP contribution >= 0.6 is 0 Å². The molecule has 0 aromatic heterocycles. The zero-order valence-electron chi connectivity index (χ0n) is 10.4. The van der Waals surface area contributed by atoms with Gasteiger partial charge in [0.25, 0.3) is 0 Å². The Labute approximate surface area is 103 Å². The van der Waals surface area contributed by atoms with Crippen LogP contribution < -0.4 is 5.32 Å². The Morgan fingerprint density at radius 1 is 1.24 bits per heavy atom. The quantitative estimate of drug-likeness (QED) is 0.828. The minimum Gasteiger partial charge on any atom is -0.478 e. The predicted octanol–water partition coefficient (Wildman–Crippen LogP) is 2.71. The largest absolute Gasteiger partial charge is 0.478 e. The Kier molecular flexibility index (Phi) is 6.33. The highest BCUT2D eigenvalue weighted by atomic mass is 16.4. The number of hydrogen-bond acceptors (Lipinski definition) is 2. The third-order valence-electron chi connectivity index (χ3n) is 2.84. The summed E-state index contributed by atoms with van der Waals surface area (Å²) in [5.74, 6) is -0.845. The van der Waals surface area contributed by atoms with Gasteiger partial charge < -0.3 is 10.4 Å². The van der Waals surface area contributed by atoms with Crippen LogP contribution in [0.5, 0.6) is 0 Å². The zero-order valence-corrected chi connectivity index (χ0v) is 10.4. The van der Waals surface area contributed by atoms with Crippen molar-refractivity contribution in [1.82, 2.24) is 5.32 Å². The average molecular weight is 235 g/mol. The van der Waals surface area contributed by atoms with E-state index in [-0.39, 0.29) is 0 Å². The van der Waals surface area contributed by atoms with Crippen LogP contribution in [0.2, 0.25) is 0 Å². The molecule has 0 radical (unpaired) electrons. The van der Waals surface area contributed by atoms with Crippen LogP contribution in [0.1, 0.15) is 42.1 Å². The molecule has 0 bridgehead atoms. The minimum atomic E-state index is -0.845. The van der Waals surface area contributed by atoms with Gasteiger partial charge in [-0.05, 0) is 44.0 Å². The summed E-state index contributed by atoms with van der Waals surface area (Å²) in [5.41, 5.74) is 1.30. The lowest BCUT2D eigenvalue weighted by Crippen LogP contribution is -2.21. The highest BCUT2D eigenvalue weighted by Gasteiger charge is 2.05. The van der Waals surface area contributed by atoms with E-state index in [1.807, 2.05) is 19.1 Å². The van der Waals surface area contributed by atoms with Gasteiger partial charge in [0.15, 0.2) is 0 Å². The molecule has 0 aliphatic carbocycles. The summed E-state index contributed by atoms with van der Waals surface area (Å²) in [5, 5.41) is 12.0. The van der Waals surface area contributed by atoms with Gasteiger partial charge in [0.2, 0.25) is 0 Å². The maximum absolute atomic E-state index is 10.6. The van der Waals surface area contributed by atoms with Gasteiger partial charge in [0.1, 0.15) is 0 Å². The zero-order chi connectivity index (χ0) is 12.5. The fourth-order valence-electron chi connectivity index (χ4n) is 1.84. The number of piperidine rings is 1.